The van der Waals surface area contributed by atoms with E-state index in [4.69, 9.17) is 0 Å². The number of rotatable bonds is 30. The van der Waals surface area contributed by atoms with E-state index in [0.29, 0.717) is 0 Å². The van der Waals surface area contributed by atoms with Gasteiger partial charge in [0.25, 0.3) is 0 Å². The molecule has 0 fully saturated rings. The lowest BCUT2D eigenvalue weighted by atomic mass is 10.1. The van der Waals surface area contributed by atoms with Crippen LogP contribution in [0.3, 0.4) is 0 Å². The second-order valence-electron chi connectivity index (χ2n) is 21.7. The average Bonchev–Trinajstić information content (AvgIpc) is 4.04. The lowest BCUT2D eigenvalue weighted by Crippen LogP contribution is -2.56. The molecule has 0 nitrogen and oxygen atoms in total. The van der Waals surface area contributed by atoms with Gasteiger partial charge in [-0.05, 0) is 53.9 Å². The fourth-order valence-electron chi connectivity index (χ4n) is 11.1. The summed E-state index contributed by atoms with van der Waals surface area (Å²) in [5.41, 5.74) is 0. The third kappa shape index (κ3) is 10.8. The average molecular weight is 954 g/mol. The van der Waals surface area contributed by atoms with Gasteiger partial charge in [-0.2, -0.15) is 0 Å². The Balaban J connectivity index is 1.51. The van der Waals surface area contributed by atoms with Crippen LogP contribution in [0.25, 0.3) is 28.9 Å². The van der Waals surface area contributed by atoms with Crippen LogP contribution in [0.4, 0.5) is 0 Å². The van der Waals surface area contributed by atoms with Crippen molar-refractivity contribution in [3.63, 3.8) is 0 Å². The van der Waals surface area contributed by atoms with Crippen molar-refractivity contribution in [2.75, 3.05) is 0 Å². The van der Waals surface area contributed by atoms with E-state index < -0.39 is 32.3 Å². The summed E-state index contributed by atoms with van der Waals surface area (Å²) in [4.78, 5) is 7.21. The summed E-state index contributed by atoms with van der Waals surface area (Å²) >= 11 is 9.34. The Hall–Kier alpha value is -0.0725. The van der Waals surface area contributed by atoms with Crippen LogP contribution in [0.15, 0.2) is 12.1 Å². The minimum atomic E-state index is -1.95. The van der Waals surface area contributed by atoms with Crippen molar-refractivity contribution < 1.29 is 0 Å². The van der Waals surface area contributed by atoms with Crippen molar-refractivity contribution in [2.45, 2.75) is 245 Å². The van der Waals surface area contributed by atoms with Crippen LogP contribution in [-0.2, 0) is 0 Å². The molecule has 0 aliphatic carbocycles. The molecule has 0 aromatic carbocycles. The van der Waals surface area contributed by atoms with Crippen molar-refractivity contribution >= 4 is 117 Å². The summed E-state index contributed by atoms with van der Waals surface area (Å²) in [7, 11) is -6.76. The summed E-state index contributed by atoms with van der Waals surface area (Å²) in [6.07, 6.45) is 34.1. The summed E-state index contributed by atoms with van der Waals surface area (Å²) in [6.45, 7) is 25.2. The van der Waals surface area contributed by atoms with E-state index in [1.165, 1.54) is 178 Å². The predicted octanol–water partition coefficient (Wildman–Crippen LogP) is 16.7. The van der Waals surface area contributed by atoms with Crippen LogP contribution < -0.4 is 29.7 Å². The third-order valence-corrected chi connectivity index (χ3v) is 38.7. The second kappa shape index (κ2) is 22.4. The zero-order valence-corrected chi connectivity index (χ0v) is 47.9. The molecule has 336 valence electrons. The zero-order chi connectivity index (χ0) is 43.0. The Kier molecular flexibility index (Phi) is 18.4. The van der Waals surface area contributed by atoms with Crippen LogP contribution in [0.2, 0.25) is 63.5 Å². The minimum absolute atomic E-state index is 1.35. The second-order valence-corrected chi connectivity index (χ2v) is 45.1. The first-order chi connectivity index (χ1) is 28.9. The van der Waals surface area contributed by atoms with E-state index in [1.54, 1.807) is 18.8 Å². The Morgan fingerprint density at radius 3 is 0.883 bits per heavy atom. The van der Waals surface area contributed by atoms with Gasteiger partial charge >= 0.3 is 0 Å². The highest BCUT2D eigenvalue weighted by Crippen LogP contribution is 2.51. The molecule has 0 amide bonds. The molecule has 0 atom stereocenters. The minimum Gasteiger partial charge on any atom is -0.144 e. The van der Waals surface area contributed by atoms with E-state index in [0.717, 1.165) is 0 Å². The normalized spacial score (nSPS) is 15.3. The van der Waals surface area contributed by atoms with Gasteiger partial charge in [0.05, 0.1) is 16.1 Å². The first kappa shape index (κ1) is 49.4. The fourth-order valence-corrected chi connectivity index (χ4v) is 35.9. The SMILES string of the molecule is CCCCCCCC[Si]1(CCCCCCCC)c2cc([Si](C)(C)C)sc2-c2sc3c4c(sc3c21)-c1sc([Si](C)(C)C)cc1[Si]4(CCCCCCCC)CCCCCCCC. The van der Waals surface area contributed by atoms with Crippen molar-refractivity contribution in [3.05, 3.63) is 12.1 Å². The molecule has 2 aliphatic rings. The van der Waals surface area contributed by atoms with Crippen LogP contribution in [0.1, 0.15) is 182 Å². The Bertz CT molecular complexity index is 1760. The summed E-state index contributed by atoms with van der Waals surface area (Å²) in [5, 5.41) is 7.87. The molecule has 6 heterocycles. The Labute approximate surface area is 390 Å². The van der Waals surface area contributed by atoms with Gasteiger partial charge < -0.3 is 0 Å². The lowest BCUT2D eigenvalue weighted by molar-refractivity contribution is 0.616. The Morgan fingerprint density at radius 1 is 0.350 bits per heavy atom. The molecular formula is C52H88S4Si4. The van der Waals surface area contributed by atoms with Crippen molar-refractivity contribution in [1.82, 2.24) is 0 Å². The summed E-state index contributed by atoms with van der Waals surface area (Å²) < 4.78 is 7.27. The molecule has 60 heavy (non-hydrogen) atoms. The first-order valence-corrected chi connectivity index (χ1v) is 40.9. The molecule has 6 rings (SSSR count). The largest absolute Gasteiger partial charge is 0.144 e. The van der Waals surface area contributed by atoms with Crippen molar-refractivity contribution in [3.8, 4) is 19.5 Å². The maximum atomic E-state index is 2.89. The van der Waals surface area contributed by atoms with Crippen molar-refractivity contribution in [2.24, 2.45) is 0 Å². The van der Waals surface area contributed by atoms with Crippen molar-refractivity contribution in [1.29, 1.82) is 0 Å². The zero-order valence-electron chi connectivity index (χ0n) is 40.6. The van der Waals surface area contributed by atoms with Crippen LogP contribution >= 0.6 is 45.3 Å². The molecule has 4 aromatic rings. The topological polar surface area (TPSA) is 0 Å². The standard InChI is InChI=1S/C52H88S4Si4/c1-11-15-19-23-27-31-35-59(36-32-28-24-20-16-12-2)41-39-43(57(5,6)7)53-45(41)47-51(59)49-50(55-47)52-48(56-49)46-42(40-44(54-46)58(8,9)10)60(52,37-33-29-25-21-17-13-3)38-34-30-26-22-18-14-4/h39-40H,11-38H2,1-10H3. The van der Waals surface area contributed by atoms with Gasteiger partial charge in [-0.1, -0.05) is 233 Å². The van der Waals surface area contributed by atoms with Gasteiger partial charge in [-0.15, -0.1) is 45.3 Å². The molecule has 8 heteroatoms. The fraction of sp³-hybridized carbons (Fsp3) is 0.731. The maximum Gasteiger partial charge on any atom is 0.123 e. The molecule has 0 N–H and O–H groups in total. The van der Waals surface area contributed by atoms with E-state index >= 15 is 0 Å². The number of hydrogen-bond acceptors (Lipinski definition) is 4. The van der Waals surface area contributed by atoms with E-state index in [1.807, 2.05) is 39.9 Å². The molecule has 0 radical (unpaired) electrons. The monoisotopic (exact) mass is 952 g/mol. The number of fused-ring (bicyclic) bond motifs is 9. The van der Waals surface area contributed by atoms with Crippen LogP contribution in [0, 0.1) is 0 Å². The van der Waals surface area contributed by atoms with E-state index in [2.05, 4.69) is 124 Å². The lowest BCUT2D eigenvalue weighted by Gasteiger charge is -2.30. The van der Waals surface area contributed by atoms with Crippen LogP contribution in [0.5, 0.6) is 0 Å². The Morgan fingerprint density at radius 2 is 0.617 bits per heavy atom. The molecule has 0 saturated heterocycles. The molecular weight excluding hydrogens is 865 g/mol. The van der Waals surface area contributed by atoms with Crippen LogP contribution in [-0.4, -0.2) is 32.3 Å². The predicted molar refractivity (Wildman–Crippen MR) is 295 cm³/mol. The van der Waals surface area contributed by atoms with Gasteiger partial charge in [-0.25, -0.2) is 0 Å². The van der Waals surface area contributed by atoms with Gasteiger partial charge in [0.1, 0.15) is 16.1 Å². The highest BCUT2D eigenvalue weighted by atomic mass is 32.1. The number of thiophene rings is 4. The number of unbranched alkanes of at least 4 members (excludes halogenated alkanes) is 20. The molecule has 0 spiro atoms. The highest BCUT2D eigenvalue weighted by Gasteiger charge is 2.54. The molecule has 0 saturated carbocycles. The van der Waals surface area contributed by atoms with Gasteiger partial charge in [0.2, 0.25) is 0 Å². The third-order valence-electron chi connectivity index (χ3n) is 14.7. The molecule has 4 aromatic heterocycles. The molecule has 0 unspecified atom stereocenters. The first-order valence-electron chi connectivity index (χ1n) is 25.8. The number of hydrogen-bond donors (Lipinski definition) is 0. The van der Waals surface area contributed by atoms with Gasteiger partial charge in [0, 0.05) is 28.9 Å². The molecule has 2 aliphatic heterocycles. The van der Waals surface area contributed by atoms with E-state index in [9.17, 15) is 0 Å². The summed E-state index contributed by atoms with van der Waals surface area (Å²) in [6, 6.07) is 11.8. The summed E-state index contributed by atoms with van der Waals surface area (Å²) in [5.74, 6) is 0. The molecule has 0 bridgehead atoms. The quantitative estimate of drug-likeness (QED) is 0.0361. The van der Waals surface area contributed by atoms with Gasteiger partial charge in [0.15, 0.2) is 0 Å². The highest BCUT2D eigenvalue weighted by molar-refractivity contribution is 7.44. The van der Waals surface area contributed by atoms with Gasteiger partial charge in [-0.3, -0.25) is 0 Å². The smallest absolute Gasteiger partial charge is 0.123 e. The maximum absolute atomic E-state index is 2.89. The van der Waals surface area contributed by atoms with E-state index in [-0.39, 0.29) is 0 Å².